The third-order valence-corrected chi connectivity index (χ3v) is 4.23. The summed E-state index contributed by atoms with van der Waals surface area (Å²) >= 11 is 11.8. The van der Waals surface area contributed by atoms with Crippen LogP contribution in [0.25, 0.3) is 11.3 Å². The van der Waals surface area contributed by atoms with E-state index in [0.717, 1.165) is 16.3 Å². The highest BCUT2D eigenvalue weighted by molar-refractivity contribution is 6.30. The molecule has 2 aromatic carbocycles. The number of oxazole rings is 1. The van der Waals surface area contributed by atoms with E-state index in [2.05, 4.69) is 17.2 Å². The van der Waals surface area contributed by atoms with Crippen molar-refractivity contribution in [3.05, 3.63) is 76.2 Å². The van der Waals surface area contributed by atoms with Gasteiger partial charge in [0.15, 0.2) is 12.3 Å². The van der Waals surface area contributed by atoms with Gasteiger partial charge in [-0.2, -0.15) is 0 Å². The standard InChI is InChI=1S/C18H16Cl2N2O/c1-12(13-2-6-15(19)7-3-13)21-11-18-22-10-17(23-18)14-4-8-16(20)9-5-14/h2-10,12,21H,11H2,1H3/p+1/t12-/m0/s1. The molecule has 0 bridgehead atoms. The Morgan fingerprint density at radius 3 is 2.26 bits per heavy atom. The first-order chi connectivity index (χ1) is 11.1. The zero-order valence-corrected chi connectivity index (χ0v) is 14.2. The molecule has 0 unspecified atom stereocenters. The van der Waals surface area contributed by atoms with Crippen LogP contribution in [-0.2, 0) is 6.54 Å². The van der Waals surface area contributed by atoms with Crippen LogP contribution in [0.1, 0.15) is 24.4 Å². The second-order valence-corrected chi connectivity index (χ2v) is 6.28. The molecule has 2 N–H and O–H groups in total. The maximum absolute atomic E-state index is 5.92. The molecule has 3 nitrogen and oxygen atoms in total. The van der Waals surface area contributed by atoms with Gasteiger partial charge in [-0.3, -0.25) is 0 Å². The molecule has 0 saturated heterocycles. The van der Waals surface area contributed by atoms with Crippen LogP contribution in [0, 0.1) is 0 Å². The number of benzene rings is 2. The summed E-state index contributed by atoms with van der Waals surface area (Å²) in [6.07, 6.45) is 1.75. The number of hydrogen-bond acceptors (Lipinski definition) is 2. The van der Waals surface area contributed by atoms with Gasteiger partial charge in [0.2, 0.25) is 0 Å². The Hall–Kier alpha value is -1.81. The van der Waals surface area contributed by atoms with Gasteiger partial charge in [-0.25, -0.2) is 4.98 Å². The van der Waals surface area contributed by atoms with Crippen molar-refractivity contribution in [2.75, 3.05) is 0 Å². The summed E-state index contributed by atoms with van der Waals surface area (Å²) < 4.78 is 5.81. The van der Waals surface area contributed by atoms with Crippen LogP contribution in [0.4, 0.5) is 0 Å². The van der Waals surface area contributed by atoms with Crippen molar-refractivity contribution >= 4 is 23.2 Å². The van der Waals surface area contributed by atoms with E-state index in [-0.39, 0.29) is 0 Å². The lowest BCUT2D eigenvalue weighted by Gasteiger charge is -2.09. The van der Waals surface area contributed by atoms with Gasteiger partial charge in [0.05, 0.1) is 6.20 Å². The minimum atomic E-state index is 0.304. The highest BCUT2D eigenvalue weighted by Gasteiger charge is 2.12. The second kappa shape index (κ2) is 7.18. The number of quaternary nitrogens is 1. The fourth-order valence-electron chi connectivity index (χ4n) is 2.33. The van der Waals surface area contributed by atoms with E-state index in [0.29, 0.717) is 23.5 Å². The molecule has 1 aromatic heterocycles. The molecule has 0 fully saturated rings. The number of rotatable bonds is 5. The van der Waals surface area contributed by atoms with E-state index >= 15 is 0 Å². The zero-order valence-electron chi connectivity index (χ0n) is 12.7. The van der Waals surface area contributed by atoms with Gasteiger partial charge in [0, 0.05) is 21.2 Å². The Kier molecular flexibility index (Phi) is 5.01. The summed E-state index contributed by atoms with van der Waals surface area (Å²) in [6, 6.07) is 15.7. The minimum absolute atomic E-state index is 0.304. The summed E-state index contributed by atoms with van der Waals surface area (Å²) in [7, 11) is 0. The fraction of sp³-hybridized carbons (Fsp3) is 0.167. The molecule has 0 spiro atoms. The molecule has 3 aromatic rings. The van der Waals surface area contributed by atoms with Gasteiger partial charge >= 0.3 is 0 Å². The van der Waals surface area contributed by atoms with Gasteiger partial charge in [-0.05, 0) is 43.3 Å². The summed E-state index contributed by atoms with van der Waals surface area (Å²) in [6.45, 7) is 2.82. The van der Waals surface area contributed by atoms with Crippen molar-refractivity contribution in [2.24, 2.45) is 0 Å². The van der Waals surface area contributed by atoms with Crippen molar-refractivity contribution in [1.29, 1.82) is 0 Å². The molecule has 1 atom stereocenters. The molecule has 0 aliphatic heterocycles. The first-order valence-electron chi connectivity index (χ1n) is 7.41. The molecular formula is C18H17Cl2N2O+. The highest BCUT2D eigenvalue weighted by atomic mass is 35.5. The molecular weight excluding hydrogens is 331 g/mol. The van der Waals surface area contributed by atoms with Crippen molar-refractivity contribution in [2.45, 2.75) is 19.5 Å². The Morgan fingerprint density at radius 1 is 1.00 bits per heavy atom. The molecule has 0 amide bonds. The van der Waals surface area contributed by atoms with Gasteiger partial charge in [0.25, 0.3) is 5.89 Å². The molecule has 0 aliphatic carbocycles. The molecule has 118 valence electrons. The topological polar surface area (TPSA) is 42.6 Å². The zero-order chi connectivity index (χ0) is 16.2. The van der Waals surface area contributed by atoms with Crippen LogP contribution in [0.3, 0.4) is 0 Å². The summed E-state index contributed by atoms with van der Waals surface area (Å²) in [5.74, 6) is 1.46. The van der Waals surface area contributed by atoms with E-state index in [1.165, 1.54) is 5.56 Å². The Bertz CT molecular complexity index is 766. The quantitative estimate of drug-likeness (QED) is 0.739. The van der Waals surface area contributed by atoms with Crippen LogP contribution in [-0.4, -0.2) is 4.98 Å². The first-order valence-corrected chi connectivity index (χ1v) is 8.17. The third kappa shape index (κ3) is 4.14. The van der Waals surface area contributed by atoms with Gasteiger partial charge in [0.1, 0.15) is 6.04 Å². The van der Waals surface area contributed by atoms with E-state index < -0.39 is 0 Å². The molecule has 0 radical (unpaired) electrons. The molecule has 3 rings (SSSR count). The van der Waals surface area contributed by atoms with Crippen molar-refractivity contribution in [1.82, 2.24) is 4.98 Å². The number of halogens is 2. The molecule has 23 heavy (non-hydrogen) atoms. The van der Waals surface area contributed by atoms with E-state index in [1.54, 1.807) is 6.20 Å². The summed E-state index contributed by atoms with van der Waals surface area (Å²) in [5, 5.41) is 3.64. The average molecular weight is 348 g/mol. The van der Waals surface area contributed by atoms with Crippen molar-refractivity contribution < 1.29 is 9.73 Å². The van der Waals surface area contributed by atoms with Gasteiger partial charge < -0.3 is 9.73 Å². The van der Waals surface area contributed by atoms with Crippen LogP contribution in [0.15, 0.2) is 59.1 Å². The Labute approximate surface area is 145 Å². The molecule has 5 heteroatoms. The van der Waals surface area contributed by atoms with Crippen molar-refractivity contribution in [3.8, 4) is 11.3 Å². The van der Waals surface area contributed by atoms with Crippen LogP contribution in [0.2, 0.25) is 10.0 Å². The number of nitrogens with zero attached hydrogens (tertiary/aromatic N) is 1. The fourth-order valence-corrected chi connectivity index (χ4v) is 2.58. The number of hydrogen-bond donors (Lipinski definition) is 1. The van der Waals surface area contributed by atoms with E-state index in [1.807, 2.05) is 48.5 Å². The molecule has 1 heterocycles. The largest absolute Gasteiger partial charge is 0.435 e. The Morgan fingerprint density at radius 2 is 1.61 bits per heavy atom. The molecule has 0 saturated carbocycles. The third-order valence-electron chi connectivity index (χ3n) is 3.72. The minimum Gasteiger partial charge on any atom is -0.435 e. The highest BCUT2D eigenvalue weighted by Crippen LogP contribution is 2.22. The number of nitrogens with two attached hydrogens (primary N) is 1. The monoisotopic (exact) mass is 347 g/mol. The summed E-state index contributed by atoms with van der Waals surface area (Å²) in [4.78, 5) is 4.34. The average Bonchev–Trinajstić information content (AvgIpc) is 3.03. The van der Waals surface area contributed by atoms with Crippen LogP contribution >= 0.6 is 23.2 Å². The van der Waals surface area contributed by atoms with E-state index in [9.17, 15) is 0 Å². The lowest BCUT2D eigenvalue weighted by atomic mass is 10.1. The van der Waals surface area contributed by atoms with E-state index in [4.69, 9.17) is 27.6 Å². The Balaban J connectivity index is 1.63. The van der Waals surface area contributed by atoms with Crippen molar-refractivity contribution in [3.63, 3.8) is 0 Å². The van der Waals surface area contributed by atoms with Crippen LogP contribution in [0.5, 0.6) is 0 Å². The lowest BCUT2D eigenvalue weighted by Crippen LogP contribution is -2.83. The summed E-state index contributed by atoms with van der Waals surface area (Å²) in [5.41, 5.74) is 2.19. The number of aromatic nitrogens is 1. The molecule has 0 aliphatic rings. The maximum Gasteiger partial charge on any atom is 0.250 e. The van der Waals surface area contributed by atoms with Gasteiger partial charge in [-0.1, -0.05) is 35.3 Å². The first kappa shape index (κ1) is 16.1. The second-order valence-electron chi connectivity index (χ2n) is 5.41. The predicted octanol–water partition coefficient (Wildman–Crippen LogP) is 4.47. The van der Waals surface area contributed by atoms with Crippen LogP contribution < -0.4 is 5.32 Å². The smallest absolute Gasteiger partial charge is 0.250 e. The normalized spacial score (nSPS) is 12.3. The van der Waals surface area contributed by atoms with Gasteiger partial charge in [-0.15, -0.1) is 0 Å². The SMILES string of the molecule is C[C@H]([NH2+]Cc1ncc(-c2ccc(Cl)cc2)o1)c1ccc(Cl)cc1. The predicted molar refractivity (Wildman–Crippen MR) is 92.4 cm³/mol. The lowest BCUT2D eigenvalue weighted by molar-refractivity contribution is -0.709. The maximum atomic E-state index is 5.92.